The average molecular weight is 265 g/mol. The number of ether oxygens (including phenoxy) is 1. The normalized spacial score (nSPS) is 11.6. The van der Waals surface area contributed by atoms with Crippen molar-refractivity contribution in [1.82, 2.24) is 4.98 Å². The van der Waals surface area contributed by atoms with Gasteiger partial charge in [0.1, 0.15) is 12.2 Å². The third kappa shape index (κ3) is 4.11. The fraction of sp³-hybridized carbons (Fsp3) is 0.286. The van der Waals surface area contributed by atoms with Crippen molar-refractivity contribution in [3.05, 3.63) is 32.6 Å². The molecule has 0 aliphatic carbocycles. The van der Waals surface area contributed by atoms with Crippen LogP contribution in [0.5, 0.6) is 0 Å². The second kappa shape index (κ2) is 8.70. The van der Waals surface area contributed by atoms with Gasteiger partial charge in [0.15, 0.2) is 0 Å². The van der Waals surface area contributed by atoms with E-state index in [1.807, 2.05) is 0 Å². The van der Waals surface area contributed by atoms with E-state index in [-0.39, 0.29) is 17.4 Å². The molecule has 1 aromatic rings. The summed E-state index contributed by atoms with van der Waals surface area (Å²) in [6, 6.07) is 0. The number of carbonyl (C=O) groups excluding carboxylic acids is 1. The van der Waals surface area contributed by atoms with E-state index in [1.54, 1.807) is 19.9 Å². The van der Waals surface area contributed by atoms with Crippen LogP contribution in [0.3, 0.4) is 0 Å². The molecule has 1 aromatic heterocycles. The van der Waals surface area contributed by atoms with Gasteiger partial charge in [-0.2, -0.15) is 0 Å². The minimum absolute atomic E-state index is 0.114. The highest BCUT2D eigenvalue weighted by Gasteiger charge is 2.11. The Bertz CT molecular complexity index is 614. The smallest absolute Gasteiger partial charge is 0.343 e. The lowest BCUT2D eigenvalue weighted by atomic mass is 10.2. The van der Waals surface area contributed by atoms with Gasteiger partial charge < -0.3 is 9.72 Å². The summed E-state index contributed by atoms with van der Waals surface area (Å²) in [5, 5.41) is 0.640. The SMILES string of the molecule is C#C.C/C=c1/[nH]cc(C(=O)OCC)c(=O)/c1=C/CF. The van der Waals surface area contributed by atoms with Crippen molar-refractivity contribution in [2.24, 2.45) is 0 Å². The Morgan fingerprint density at radius 2 is 2.16 bits per heavy atom. The molecule has 19 heavy (non-hydrogen) atoms. The number of hydrogen-bond donors (Lipinski definition) is 1. The van der Waals surface area contributed by atoms with Gasteiger partial charge in [0.05, 0.1) is 6.61 Å². The summed E-state index contributed by atoms with van der Waals surface area (Å²) in [4.78, 5) is 26.1. The third-order valence-electron chi connectivity index (χ3n) is 2.22. The molecule has 0 amide bonds. The first-order valence-corrected chi connectivity index (χ1v) is 5.60. The first-order valence-electron chi connectivity index (χ1n) is 5.60. The zero-order valence-electron chi connectivity index (χ0n) is 10.9. The summed E-state index contributed by atoms with van der Waals surface area (Å²) in [5.74, 6) is -0.704. The van der Waals surface area contributed by atoms with Gasteiger partial charge in [-0.05, 0) is 19.9 Å². The quantitative estimate of drug-likeness (QED) is 0.634. The Hall–Kier alpha value is -2.35. The molecule has 0 saturated heterocycles. The highest BCUT2D eigenvalue weighted by Crippen LogP contribution is 1.89. The van der Waals surface area contributed by atoms with E-state index < -0.39 is 18.1 Å². The first-order chi connectivity index (χ1) is 9.15. The number of aromatic amines is 1. The maximum Gasteiger partial charge on any atom is 0.343 e. The molecule has 0 aromatic carbocycles. The lowest BCUT2D eigenvalue weighted by molar-refractivity contribution is 0.0524. The number of aromatic nitrogens is 1. The number of terminal acetylenes is 1. The highest BCUT2D eigenvalue weighted by molar-refractivity contribution is 5.88. The predicted octanol–water partition coefficient (Wildman–Crippen LogP) is 0.351. The van der Waals surface area contributed by atoms with Gasteiger partial charge in [-0.3, -0.25) is 4.79 Å². The Morgan fingerprint density at radius 1 is 1.53 bits per heavy atom. The number of alkyl halides is 1. The fourth-order valence-corrected chi connectivity index (χ4v) is 1.44. The molecular formula is C14H16FNO3. The number of rotatable bonds is 3. The number of hydrogen-bond acceptors (Lipinski definition) is 3. The predicted molar refractivity (Wildman–Crippen MR) is 72.7 cm³/mol. The van der Waals surface area contributed by atoms with Crippen LogP contribution < -0.4 is 16.0 Å². The number of nitrogens with one attached hydrogen (secondary N) is 1. The van der Waals surface area contributed by atoms with Crippen LogP contribution in [0.4, 0.5) is 4.39 Å². The molecule has 102 valence electrons. The number of pyridine rings is 1. The average Bonchev–Trinajstić information content (AvgIpc) is 2.43. The lowest BCUT2D eigenvalue weighted by Gasteiger charge is -2.01. The van der Waals surface area contributed by atoms with E-state index in [2.05, 4.69) is 17.8 Å². The number of esters is 1. The molecule has 0 aliphatic rings. The van der Waals surface area contributed by atoms with Crippen LogP contribution in [-0.4, -0.2) is 24.2 Å². The summed E-state index contributed by atoms with van der Waals surface area (Å²) >= 11 is 0. The van der Waals surface area contributed by atoms with Crippen LogP contribution in [0.1, 0.15) is 24.2 Å². The van der Waals surface area contributed by atoms with Gasteiger partial charge in [0.2, 0.25) is 5.43 Å². The van der Waals surface area contributed by atoms with E-state index in [4.69, 9.17) is 4.74 Å². The Balaban J connectivity index is 0.00000154. The van der Waals surface area contributed by atoms with Crippen LogP contribution >= 0.6 is 0 Å². The van der Waals surface area contributed by atoms with Crippen LogP contribution in [0, 0.1) is 12.8 Å². The molecule has 0 saturated carbocycles. The maximum atomic E-state index is 12.3. The molecule has 0 radical (unpaired) electrons. The van der Waals surface area contributed by atoms with Crippen molar-refractivity contribution in [2.45, 2.75) is 13.8 Å². The number of carbonyl (C=O) groups is 1. The van der Waals surface area contributed by atoms with Crippen molar-refractivity contribution in [3.8, 4) is 12.8 Å². The molecule has 0 atom stereocenters. The van der Waals surface area contributed by atoms with Crippen LogP contribution in [0.15, 0.2) is 11.0 Å². The Kier molecular flexibility index (Phi) is 7.62. The highest BCUT2D eigenvalue weighted by atomic mass is 19.1. The zero-order chi connectivity index (χ0) is 14.8. The van der Waals surface area contributed by atoms with Crippen LogP contribution in [0.2, 0.25) is 0 Å². The second-order valence-electron chi connectivity index (χ2n) is 3.23. The molecule has 0 bridgehead atoms. The molecule has 0 unspecified atom stereocenters. The van der Waals surface area contributed by atoms with E-state index in [9.17, 15) is 14.0 Å². The molecule has 0 fully saturated rings. The zero-order valence-corrected chi connectivity index (χ0v) is 10.9. The van der Waals surface area contributed by atoms with Gasteiger partial charge in [-0.25, -0.2) is 9.18 Å². The van der Waals surface area contributed by atoms with Gasteiger partial charge in [-0.15, -0.1) is 12.8 Å². The molecule has 0 spiro atoms. The Labute approximate surface area is 110 Å². The second-order valence-corrected chi connectivity index (χ2v) is 3.23. The molecule has 4 nitrogen and oxygen atoms in total. The van der Waals surface area contributed by atoms with Gasteiger partial charge in [-0.1, -0.05) is 6.08 Å². The van der Waals surface area contributed by atoms with Gasteiger partial charge in [0.25, 0.3) is 0 Å². The number of halogens is 1. The molecule has 5 heteroatoms. The summed E-state index contributed by atoms with van der Waals surface area (Å²) in [6.45, 7) is 2.78. The lowest BCUT2D eigenvalue weighted by Crippen LogP contribution is -2.44. The molecule has 1 N–H and O–H groups in total. The molecule has 1 heterocycles. The van der Waals surface area contributed by atoms with Crippen molar-refractivity contribution in [3.63, 3.8) is 0 Å². The van der Waals surface area contributed by atoms with Crippen LogP contribution in [-0.2, 0) is 4.74 Å². The van der Waals surface area contributed by atoms with Crippen LogP contribution in [0.25, 0.3) is 12.2 Å². The molecular weight excluding hydrogens is 249 g/mol. The summed E-state index contributed by atoms with van der Waals surface area (Å²) in [6.07, 6.45) is 12.1. The van der Waals surface area contributed by atoms with E-state index in [0.29, 0.717) is 5.35 Å². The van der Waals surface area contributed by atoms with Gasteiger partial charge in [0, 0.05) is 16.8 Å². The summed E-state index contributed by atoms with van der Waals surface area (Å²) in [5.41, 5.74) is -0.634. The van der Waals surface area contributed by atoms with E-state index >= 15 is 0 Å². The topological polar surface area (TPSA) is 59.2 Å². The van der Waals surface area contributed by atoms with Crippen molar-refractivity contribution in [1.29, 1.82) is 0 Å². The standard InChI is InChI=1S/C12H14FNO3.C2H2/c1-3-10-8(5-6-13)11(15)9(7-14-10)12(16)17-4-2;1-2/h3,5,7,14H,4,6H2,1-2H3;1-2H/b8-5+,10-3+;. The maximum absolute atomic E-state index is 12.3. The fourth-order valence-electron chi connectivity index (χ4n) is 1.44. The minimum atomic E-state index is -0.768. The molecule has 0 aliphatic heterocycles. The third-order valence-corrected chi connectivity index (χ3v) is 2.22. The monoisotopic (exact) mass is 265 g/mol. The van der Waals surface area contributed by atoms with E-state index in [1.165, 1.54) is 6.20 Å². The van der Waals surface area contributed by atoms with Gasteiger partial charge >= 0.3 is 5.97 Å². The molecule has 1 rings (SSSR count). The van der Waals surface area contributed by atoms with Crippen molar-refractivity contribution >= 4 is 18.1 Å². The summed E-state index contributed by atoms with van der Waals surface area (Å²) in [7, 11) is 0. The Morgan fingerprint density at radius 3 is 2.63 bits per heavy atom. The van der Waals surface area contributed by atoms with E-state index in [0.717, 1.165) is 6.08 Å². The largest absolute Gasteiger partial charge is 0.462 e. The summed E-state index contributed by atoms with van der Waals surface area (Å²) < 4.78 is 17.1. The van der Waals surface area contributed by atoms with Crippen molar-refractivity contribution in [2.75, 3.05) is 13.3 Å². The first kappa shape index (κ1) is 16.6. The minimum Gasteiger partial charge on any atom is -0.462 e. The van der Waals surface area contributed by atoms with Crippen molar-refractivity contribution < 1.29 is 13.9 Å². The number of H-pyrrole nitrogens is 1.